The Kier molecular flexibility index (Phi) is 14.5. The summed E-state index contributed by atoms with van der Waals surface area (Å²) in [6, 6.07) is 101. The van der Waals surface area contributed by atoms with E-state index in [-0.39, 0.29) is 10.8 Å². The molecule has 2 aromatic heterocycles. The first-order valence-electron chi connectivity index (χ1n) is 32.2. The minimum Gasteiger partial charge on any atom is -0.310 e. The third-order valence-electron chi connectivity index (χ3n) is 18.8. The number of aryl methyl sites for hydroxylation is 1. The van der Waals surface area contributed by atoms with Crippen LogP contribution in [0, 0.1) is 22.9 Å². The molecule has 0 saturated carbocycles. The number of anilines is 6. The molecule has 2 aliphatic rings. The fraction of sp³-hybridized carbons (Fsp3) is 0.163. The van der Waals surface area contributed by atoms with Crippen molar-refractivity contribution < 1.29 is 24.1 Å². The standard InChI is InChI=1S/C86H73N5O.Pt/c1-57-50-81(87-55-68(57)60-44-46-61(47-45-60)83(2,3)4)91-76-49-48-62(84(5,6)7)51-71(76)86(69-38-20-22-40-74(69)90(63-32-18-13-19-33-63)75-41-23-21-39-70(75)86)72-53-73(85(8,9)10)80(54-79(72)91)92-65-35-26-34-64(52-65)88-56-89(78-43-25-24-42-77(78)88)82-66(58-28-14-11-15-29-58)36-27-37-67(82)59-30-16-12-17-31-59;/h11-51,53,55H,1-10H3;/q-2;. The summed E-state index contributed by atoms with van der Waals surface area (Å²) in [5.74, 6) is 1.98. The molecule has 2 aliphatic heterocycles. The molecular formula is C86H73N5OPt-2. The number of benzene rings is 11. The van der Waals surface area contributed by atoms with Gasteiger partial charge >= 0.3 is 331 Å². The Morgan fingerprint density at radius 1 is 0.430 bits per heavy atom. The van der Waals surface area contributed by atoms with Gasteiger partial charge in [0.05, 0.1) is 0 Å². The molecule has 0 radical (unpaired) electrons. The molecule has 0 atom stereocenters. The maximum atomic E-state index is 7.53. The number of pyridine rings is 1. The molecule has 15 rings (SSSR count). The quantitative estimate of drug-likeness (QED) is 0.135. The zero-order chi connectivity index (χ0) is 64.1. The SMILES string of the molecule is Cc1cc(N2c3[c-]c(Oc4[c-]c(-n5[c](=[Pt])n(-c6c(-c7ccccc7)cccc6-c6ccccc6)c6ccccc65)ccc4)c(C(C)(C)C)cc3C3(c4cc(C(C)(C)C)ccc42)c2ccccc2N(c2ccccc2)c2ccccc23)ncc1-c1ccc(C(C)(C)C)cc1. The molecule has 0 N–H and O–H groups in total. The monoisotopic (exact) mass is 1390 g/mol. The number of hydrogen-bond acceptors (Lipinski definition) is 4. The van der Waals surface area contributed by atoms with Crippen LogP contribution < -0.4 is 14.5 Å². The fourth-order valence-electron chi connectivity index (χ4n) is 14.2. The van der Waals surface area contributed by atoms with E-state index >= 15 is 0 Å². The van der Waals surface area contributed by atoms with Crippen molar-refractivity contribution in [2.75, 3.05) is 9.80 Å². The average Bonchev–Trinajstić information content (AvgIpc) is 1.19. The number of nitrogens with zero attached hydrogens (tertiary/aromatic N) is 5. The van der Waals surface area contributed by atoms with E-state index in [1.54, 1.807) is 0 Å². The van der Waals surface area contributed by atoms with Crippen LogP contribution in [0.3, 0.4) is 0 Å². The number of ether oxygens (including phenoxy) is 1. The molecule has 0 fully saturated rings. The van der Waals surface area contributed by atoms with Gasteiger partial charge in [-0.25, -0.2) is 0 Å². The fourth-order valence-corrected chi connectivity index (χ4v) is 15.3. The zero-order valence-corrected chi connectivity index (χ0v) is 56.6. The van der Waals surface area contributed by atoms with E-state index in [0.29, 0.717) is 11.5 Å². The minimum absolute atomic E-state index is 0.0321. The minimum atomic E-state index is -0.868. The van der Waals surface area contributed by atoms with E-state index in [4.69, 9.17) is 9.72 Å². The molecule has 0 amide bonds. The molecule has 1 spiro atoms. The van der Waals surface area contributed by atoms with Crippen LogP contribution >= 0.6 is 0 Å². The van der Waals surface area contributed by atoms with Gasteiger partial charge in [-0.1, -0.05) is 133 Å². The second-order valence-electron chi connectivity index (χ2n) is 27.8. The number of fused-ring (bicyclic) bond motifs is 9. The van der Waals surface area contributed by atoms with Crippen LogP contribution in [0.2, 0.25) is 0 Å². The Morgan fingerprint density at radius 3 is 1.55 bits per heavy atom. The third-order valence-corrected chi connectivity index (χ3v) is 19.8. The maximum absolute atomic E-state index is 7.53. The summed E-state index contributed by atoms with van der Waals surface area (Å²) >= 11 is 2.52. The normalized spacial score (nSPS) is 13.4. The summed E-state index contributed by atoms with van der Waals surface area (Å²) in [4.78, 5) is 10.3. The number of aromatic nitrogens is 3. The van der Waals surface area contributed by atoms with Crippen LogP contribution in [0.5, 0.6) is 11.5 Å². The van der Waals surface area contributed by atoms with E-state index in [1.165, 1.54) is 27.8 Å². The average molecular weight is 1390 g/mol. The van der Waals surface area contributed by atoms with Gasteiger partial charge in [0, 0.05) is 28.8 Å². The van der Waals surface area contributed by atoms with Crippen molar-refractivity contribution in [3.63, 3.8) is 0 Å². The summed E-state index contributed by atoms with van der Waals surface area (Å²) in [6.07, 6.45) is 2.06. The van der Waals surface area contributed by atoms with Crippen LogP contribution in [0.1, 0.15) is 107 Å². The molecule has 0 aliphatic carbocycles. The molecular weight excluding hydrogens is 1310 g/mol. The molecule has 11 aromatic carbocycles. The Hall–Kier alpha value is -9.87. The van der Waals surface area contributed by atoms with Gasteiger partial charge < -0.3 is 4.90 Å². The van der Waals surface area contributed by atoms with E-state index < -0.39 is 10.8 Å². The predicted octanol–water partition coefficient (Wildman–Crippen LogP) is 22.4. The predicted molar refractivity (Wildman–Crippen MR) is 380 cm³/mol. The van der Waals surface area contributed by atoms with Crippen molar-refractivity contribution in [1.29, 1.82) is 0 Å². The van der Waals surface area contributed by atoms with Crippen LogP contribution in [0.4, 0.5) is 34.3 Å². The molecule has 6 nitrogen and oxygen atoms in total. The molecule has 93 heavy (non-hydrogen) atoms. The Balaban J connectivity index is 0.966. The Morgan fingerprint density at radius 2 is 0.957 bits per heavy atom. The van der Waals surface area contributed by atoms with E-state index in [0.717, 1.165) is 111 Å². The van der Waals surface area contributed by atoms with E-state index in [1.807, 2.05) is 6.07 Å². The van der Waals surface area contributed by atoms with Gasteiger partial charge in [0.25, 0.3) is 0 Å². The van der Waals surface area contributed by atoms with Gasteiger partial charge in [-0.2, -0.15) is 0 Å². The van der Waals surface area contributed by atoms with Gasteiger partial charge in [0.2, 0.25) is 0 Å². The molecule has 7 heteroatoms. The van der Waals surface area contributed by atoms with Gasteiger partial charge in [-0.05, 0) is 64.3 Å². The van der Waals surface area contributed by atoms with E-state index in [9.17, 15) is 0 Å². The second kappa shape index (κ2) is 22.8. The van der Waals surface area contributed by atoms with Crippen LogP contribution in [-0.2, 0) is 41.0 Å². The van der Waals surface area contributed by atoms with Crippen LogP contribution in [-0.4, -0.2) is 14.1 Å². The van der Waals surface area contributed by atoms with Crippen molar-refractivity contribution >= 4 is 45.3 Å². The summed E-state index contributed by atoms with van der Waals surface area (Å²) in [7, 11) is 0. The smallest absolute Gasteiger partial charge is 0.310 e. The van der Waals surface area contributed by atoms with Crippen LogP contribution in [0.25, 0.3) is 55.8 Å². The van der Waals surface area contributed by atoms with Gasteiger partial charge in [0.1, 0.15) is 0 Å². The van der Waals surface area contributed by atoms with Gasteiger partial charge in [0.15, 0.2) is 0 Å². The summed E-state index contributed by atoms with van der Waals surface area (Å²) in [5.41, 5.74) is 23.8. The molecule has 0 bridgehead atoms. The Bertz CT molecular complexity index is 5000. The number of imidazole rings is 1. The molecule has 460 valence electrons. The number of rotatable bonds is 9. The Labute approximate surface area is 558 Å². The topological polar surface area (TPSA) is 38.5 Å². The van der Waals surface area contributed by atoms with Gasteiger partial charge in [-0.15, -0.1) is 0 Å². The number of hydrogen-bond donors (Lipinski definition) is 0. The van der Waals surface area contributed by atoms with Crippen molar-refractivity contribution in [1.82, 2.24) is 14.1 Å². The van der Waals surface area contributed by atoms with Crippen molar-refractivity contribution in [3.05, 3.63) is 321 Å². The molecule has 4 heterocycles. The van der Waals surface area contributed by atoms with Crippen molar-refractivity contribution in [2.45, 2.75) is 90.9 Å². The summed E-state index contributed by atoms with van der Waals surface area (Å²) in [6.45, 7) is 22.8. The molecule has 0 unspecified atom stereocenters. The van der Waals surface area contributed by atoms with E-state index in [2.05, 4.69) is 375 Å². The zero-order valence-electron chi connectivity index (χ0n) is 54.3. The van der Waals surface area contributed by atoms with Crippen LogP contribution in [0.15, 0.2) is 261 Å². The first-order valence-corrected chi connectivity index (χ1v) is 33.3. The second-order valence-corrected chi connectivity index (χ2v) is 28.8. The first-order chi connectivity index (χ1) is 44.9. The third kappa shape index (κ3) is 10.0. The van der Waals surface area contributed by atoms with Crippen molar-refractivity contribution in [2.24, 2.45) is 0 Å². The first kappa shape index (κ1) is 59.4. The van der Waals surface area contributed by atoms with Crippen molar-refractivity contribution in [3.8, 4) is 56.3 Å². The summed E-state index contributed by atoms with van der Waals surface area (Å²) in [5, 5.41) is 0. The van der Waals surface area contributed by atoms with Gasteiger partial charge in [-0.3, -0.25) is 0 Å². The molecule has 0 saturated heterocycles. The number of para-hydroxylation sites is 6. The molecule has 13 aromatic rings. The summed E-state index contributed by atoms with van der Waals surface area (Å²) < 4.78 is 13.2.